The van der Waals surface area contributed by atoms with E-state index >= 15 is 0 Å². The maximum absolute atomic E-state index is 10.4. The first-order chi connectivity index (χ1) is 4.68. The lowest BCUT2D eigenvalue weighted by Gasteiger charge is -1.97. The highest BCUT2D eigenvalue weighted by Gasteiger charge is 2.14. The van der Waals surface area contributed by atoms with Gasteiger partial charge in [-0.05, 0) is 12.5 Å². The number of allylic oxidation sites excluding steroid dienone is 1. The van der Waals surface area contributed by atoms with Crippen molar-refractivity contribution in [3.05, 3.63) is 11.8 Å². The highest BCUT2D eigenvalue weighted by molar-refractivity contribution is 5.67. The van der Waals surface area contributed by atoms with E-state index in [9.17, 15) is 4.79 Å². The zero-order valence-corrected chi connectivity index (χ0v) is 5.83. The van der Waals surface area contributed by atoms with E-state index in [0.29, 0.717) is 18.6 Å². The molecule has 0 fully saturated rings. The number of esters is 1. The summed E-state index contributed by atoms with van der Waals surface area (Å²) >= 11 is 0. The van der Waals surface area contributed by atoms with Gasteiger partial charge in [0.05, 0.1) is 6.10 Å². The molecular weight excluding hydrogens is 132 g/mol. The highest BCUT2D eigenvalue weighted by Crippen LogP contribution is 2.18. The van der Waals surface area contributed by atoms with Gasteiger partial charge in [-0.15, -0.1) is 0 Å². The van der Waals surface area contributed by atoms with Crippen LogP contribution in [-0.2, 0) is 9.53 Å². The fourth-order valence-electron chi connectivity index (χ4n) is 0.941. The normalized spacial score (nSPS) is 24.2. The van der Waals surface area contributed by atoms with E-state index in [-0.39, 0.29) is 5.97 Å². The van der Waals surface area contributed by atoms with Crippen LogP contribution in [0.3, 0.4) is 0 Å². The fraction of sp³-hybridized carbons (Fsp3) is 0.571. The first-order valence-electron chi connectivity index (χ1n) is 3.25. The Morgan fingerprint density at radius 2 is 2.60 bits per heavy atom. The van der Waals surface area contributed by atoms with Crippen molar-refractivity contribution in [1.82, 2.24) is 0 Å². The first kappa shape index (κ1) is 7.28. The molecule has 3 heteroatoms. The zero-order valence-electron chi connectivity index (χ0n) is 5.83. The largest absolute Gasteiger partial charge is 0.432 e. The van der Waals surface area contributed by atoms with Gasteiger partial charge >= 0.3 is 5.97 Å². The Hall–Kier alpha value is -0.830. The van der Waals surface area contributed by atoms with Crippen molar-refractivity contribution in [2.45, 2.75) is 25.9 Å². The van der Waals surface area contributed by atoms with Crippen LogP contribution in [0.1, 0.15) is 19.8 Å². The van der Waals surface area contributed by atoms with E-state index in [0.717, 1.165) is 0 Å². The zero-order chi connectivity index (χ0) is 7.56. The monoisotopic (exact) mass is 142 g/mol. The maximum atomic E-state index is 10.4. The second-order valence-corrected chi connectivity index (χ2v) is 2.33. The van der Waals surface area contributed by atoms with Crippen LogP contribution in [0.2, 0.25) is 0 Å². The predicted molar refractivity (Wildman–Crippen MR) is 35.1 cm³/mol. The average Bonchev–Trinajstić information content (AvgIpc) is 2.13. The molecule has 0 amide bonds. The number of aliphatic hydroxyl groups is 1. The fourth-order valence-corrected chi connectivity index (χ4v) is 0.941. The molecule has 0 radical (unpaired) electrons. The molecule has 0 aliphatic heterocycles. The third-order valence-corrected chi connectivity index (χ3v) is 1.34. The molecule has 0 saturated heterocycles. The average molecular weight is 142 g/mol. The van der Waals surface area contributed by atoms with Crippen LogP contribution >= 0.6 is 0 Å². The van der Waals surface area contributed by atoms with E-state index in [1.165, 1.54) is 6.92 Å². The van der Waals surface area contributed by atoms with Gasteiger partial charge < -0.3 is 9.84 Å². The van der Waals surface area contributed by atoms with Crippen molar-refractivity contribution in [2.24, 2.45) is 0 Å². The predicted octanol–water partition coefficient (Wildman–Crippen LogP) is 0.588. The number of carbonyl (C=O) groups is 1. The van der Waals surface area contributed by atoms with E-state index in [1.807, 2.05) is 0 Å². The quantitative estimate of drug-likeness (QED) is 0.545. The molecule has 0 saturated carbocycles. The molecule has 1 unspecified atom stereocenters. The van der Waals surface area contributed by atoms with Gasteiger partial charge in [0.1, 0.15) is 5.76 Å². The summed E-state index contributed by atoms with van der Waals surface area (Å²) in [7, 11) is 0. The first-order valence-corrected chi connectivity index (χ1v) is 3.25. The van der Waals surface area contributed by atoms with Gasteiger partial charge in [-0.1, -0.05) is 0 Å². The molecule has 10 heavy (non-hydrogen) atoms. The van der Waals surface area contributed by atoms with Crippen molar-refractivity contribution in [3.8, 4) is 0 Å². The topological polar surface area (TPSA) is 46.5 Å². The Morgan fingerprint density at radius 1 is 1.90 bits per heavy atom. The molecule has 0 bridgehead atoms. The van der Waals surface area contributed by atoms with Gasteiger partial charge in [-0.25, -0.2) is 0 Å². The summed E-state index contributed by atoms with van der Waals surface area (Å²) in [6, 6.07) is 0. The summed E-state index contributed by atoms with van der Waals surface area (Å²) in [4.78, 5) is 10.4. The Bertz CT molecular complexity index is 172. The van der Waals surface area contributed by atoms with Gasteiger partial charge in [0.15, 0.2) is 0 Å². The Balaban J connectivity index is 2.43. The SMILES string of the molecule is CC(=O)OC1=CC(O)CC1. The minimum absolute atomic E-state index is 0.319. The molecule has 1 aliphatic rings. The third kappa shape index (κ3) is 1.84. The van der Waals surface area contributed by atoms with Crippen LogP contribution in [0.5, 0.6) is 0 Å². The summed E-state index contributed by atoms with van der Waals surface area (Å²) in [5.41, 5.74) is 0. The molecule has 0 aromatic carbocycles. The number of hydrogen-bond acceptors (Lipinski definition) is 3. The summed E-state index contributed by atoms with van der Waals surface area (Å²) < 4.78 is 4.74. The standard InChI is InChI=1S/C7H10O3/c1-5(8)10-7-3-2-6(9)4-7/h4,6,9H,2-3H2,1H3. The molecule has 0 aromatic rings. The van der Waals surface area contributed by atoms with Crippen molar-refractivity contribution in [2.75, 3.05) is 0 Å². The summed E-state index contributed by atoms with van der Waals surface area (Å²) in [5.74, 6) is 0.278. The number of aliphatic hydroxyl groups excluding tert-OH is 1. The second-order valence-electron chi connectivity index (χ2n) is 2.33. The van der Waals surface area contributed by atoms with Crippen LogP contribution in [0, 0.1) is 0 Å². The van der Waals surface area contributed by atoms with Gasteiger partial charge in [0, 0.05) is 13.3 Å². The van der Waals surface area contributed by atoms with Crippen LogP contribution in [0.25, 0.3) is 0 Å². The molecule has 1 aliphatic carbocycles. The van der Waals surface area contributed by atoms with Crippen molar-refractivity contribution in [3.63, 3.8) is 0 Å². The molecular formula is C7H10O3. The molecule has 1 rings (SSSR count). The molecule has 0 spiro atoms. The summed E-state index contributed by atoms with van der Waals surface area (Å²) in [5, 5.41) is 8.94. The smallest absolute Gasteiger partial charge is 0.307 e. The Morgan fingerprint density at radius 3 is 3.00 bits per heavy atom. The Kier molecular flexibility index (Phi) is 2.06. The van der Waals surface area contributed by atoms with Gasteiger partial charge in [-0.3, -0.25) is 4.79 Å². The van der Waals surface area contributed by atoms with Crippen molar-refractivity contribution in [1.29, 1.82) is 0 Å². The summed E-state index contributed by atoms with van der Waals surface area (Å²) in [6.45, 7) is 1.35. The number of ether oxygens (including phenoxy) is 1. The van der Waals surface area contributed by atoms with Gasteiger partial charge in [0.2, 0.25) is 0 Å². The minimum atomic E-state index is -0.422. The van der Waals surface area contributed by atoms with Crippen LogP contribution in [0.15, 0.2) is 11.8 Å². The lowest BCUT2D eigenvalue weighted by Crippen LogP contribution is -1.96. The molecule has 1 N–H and O–H groups in total. The maximum Gasteiger partial charge on any atom is 0.307 e. The van der Waals surface area contributed by atoms with E-state index in [4.69, 9.17) is 9.84 Å². The number of carbonyl (C=O) groups excluding carboxylic acids is 1. The van der Waals surface area contributed by atoms with E-state index < -0.39 is 6.10 Å². The highest BCUT2D eigenvalue weighted by atomic mass is 16.5. The van der Waals surface area contributed by atoms with E-state index in [1.54, 1.807) is 6.08 Å². The second kappa shape index (κ2) is 2.84. The minimum Gasteiger partial charge on any atom is -0.432 e. The van der Waals surface area contributed by atoms with Gasteiger partial charge in [0.25, 0.3) is 0 Å². The number of rotatable bonds is 1. The molecule has 3 nitrogen and oxygen atoms in total. The third-order valence-electron chi connectivity index (χ3n) is 1.34. The molecule has 0 aromatic heterocycles. The van der Waals surface area contributed by atoms with Crippen LogP contribution in [0.4, 0.5) is 0 Å². The number of hydrogen-bond donors (Lipinski definition) is 1. The lowest BCUT2D eigenvalue weighted by atomic mass is 10.3. The lowest BCUT2D eigenvalue weighted by molar-refractivity contribution is -0.136. The molecule has 56 valence electrons. The van der Waals surface area contributed by atoms with E-state index in [2.05, 4.69) is 0 Å². The van der Waals surface area contributed by atoms with Crippen LogP contribution in [-0.4, -0.2) is 17.2 Å². The summed E-state index contributed by atoms with van der Waals surface area (Å²) in [6.07, 6.45) is 2.49. The van der Waals surface area contributed by atoms with Crippen molar-refractivity contribution < 1.29 is 14.6 Å². The van der Waals surface area contributed by atoms with Crippen molar-refractivity contribution >= 4 is 5.97 Å². The molecule has 0 heterocycles. The van der Waals surface area contributed by atoms with Gasteiger partial charge in [-0.2, -0.15) is 0 Å². The molecule has 1 atom stereocenters. The van der Waals surface area contributed by atoms with Crippen LogP contribution < -0.4 is 0 Å². The Labute approximate surface area is 59.3 Å².